The van der Waals surface area contributed by atoms with E-state index in [1.165, 1.54) is 0 Å². The van der Waals surface area contributed by atoms with Gasteiger partial charge in [-0.25, -0.2) is 39.9 Å². The number of rotatable bonds is 4. The highest BCUT2D eigenvalue weighted by Gasteiger charge is 2.38. The number of hydrogen-bond donors (Lipinski definition) is 3. The van der Waals surface area contributed by atoms with E-state index in [9.17, 15) is 43.5 Å². The van der Waals surface area contributed by atoms with Crippen LogP contribution in [0.1, 0.15) is 17.0 Å². The van der Waals surface area contributed by atoms with Crippen LogP contribution in [0.3, 0.4) is 0 Å². The van der Waals surface area contributed by atoms with Crippen molar-refractivity contribution in [2.24, 2.45) is 7.05 Å². The maximum Gasteiger partial charge on any atom is 0.490 e. The molecule has 0 amide bonds. The monoisotopic (exact) mass is 510 g/mol. The van der Waals surface area contributed by atoms with E-state index in [2.05, 4.69) is 10.4 Å². The maximum absolute atomic E-state index is 13.7. The number of aromatic nitrogens is 2. The summed E-state index contributed by atoms with van der Waals surface area (Å²) in [7, 11) is -3.36. The van der Waals surface area contributed by atoms with Gasteiger partial charge in [0.25, 0.3) is 0 Å². The van der Waals surface area contributed by atoms with Crippen LogP contribution in [0, 0.1) is 29.1 Å². The molecule has 0 unspecified atom stereocenters. The third kappa shape index (κ3) is 5.59. The molecule has 0 aliphatic carbocycles. The lowest BCUT2D eigenvalue weighted by Crippen LogP contribution is -2.28. The first-order chi connectivity index (χ1) is 15.1. The van der Waals surface area contributed by atoms with Gasteiger partial charge in [-0.2, -0.15) is 18.3 Å². The molecule has 0 atom stereocenters. The number of alkyl halides is 3. The van der Waals surface area contributed by atoms with Gasteiger partial charge in [-0.1, -0.05) is 0 Å². The van der Waals surface area contributed by atoms with E-state index >= 15 is 0 Å². The van der Waals surface area contributed by atoms with Gasteiger partial charge in [0.15, 0.2) is 28.2 Å². The van der Waals surface area contributed by atoms with Crippen LogP contribution >= 0.6 is 0 Å². The van der Waals surface area contributed by atoms with Gasteiger partial charge in [0, 0.05) is 37.8 Å². The Kier molecular flexibility index (Phi) is 7.70. The first-order valence-electron chi connectivity index (χ1n) is 8.65. The Morgan fingerprint density at radius 3 is 2.06 bits per heavy atom. The van der Waals surface area contributed by atoms with Gasteiger partial charge in [-0.05, 0) is 0 Å². The van der Waals surface area contributed by atoms with E-state index in [0.717, 1.165) is 11.3 Å². The summed E-state index contributed by atoms with van der Waals surface area (Å²) < 4.78 is 126. The molecular formula is C16H14F8N4O4S. The van der Waals surface area contributed by atoms with Gasteiger partial charge in [0.1, 0.15) is 0 Å². The molecule has 184 valence electrons. The zero-order chi connectivity index (χ0) is 25.3. The Balaban J connectivity index is 0.000000479. The fourth-order valence-corrected chi connectivity index (χ4v) is 3.92. The molecule has 17 heteroatoms. The van der Waals surface area contributed by atoms with Gasteiger partial charge in [0.05, 0.1) is 12.2 Å². The normalized spacial score (nSPS) is 13.8. The molecule has 0 fully saturated rings. The lowest BCUT2D eigenvalue weighted by molar-refractivity contribution is -0.192. The van der Waals surface area contributed by atoms with Crippen molar-refractivity contribution in [3.8, 4) is 0 Å². The molecule has 0 saturated heterocycles. The molecule has 2 aromatic rings. The van der Waals surface area contributed by atoms with Crippen LogP contribution in [0.15, 0.2) is 4.90 Å². The number of sulfonamides is 1. The molecule has 1 aliphatic heterocycles. The van der Waals surface area contributed by atoms with Crippen molar-refractivity contribution in [3.63, 3.8) is 0 Å². The second kappa shape index (κ2) is 9.60. The second-order valence-electron chi connectivity index (χ2n) is 6.45. The number of carboxylic acid groups (broad SMARTS) is 1. The number of benzene rings is 1. The Morgan fingerprint density at radius 1 is 1.09 bits per heavy atom. The maximum atomic E-state index is 13.7. The largest absolute Gasteiger partial charge is 0.490 e. The predicted molar refractivity (Wildman–Crippen MR) is 92.6 cm³/mol. The minimum atomic E-state index is -5.08. The summed E-state index contributed by atoms with van der Waals surface area (Å²) in [5.74, 6) is -14.7. The number of halogens is 8. The summed E-state index contributed by atoms with van der Waals surface area (Å²) in [6, 6.07) is 0. The number of carboxylic acids is 1. The second-order valence-corrected chi connectivity index (χ2v) is 8.15. The van der Waals surface area contributed by atoms with Crippen molar-refractivity contribution in [3.05, 3.63) is 46.0 Å². The first kappa shape index (κ1) is 26.5. The number of carbonyl (C=O) groups is 1. The van der Waals surface area contributed by atoms with Gasteiger partial charge < -0.3 is 10.4 Å². The summed E-state index contributed by atoms with van der Waals surface area (Å²) >= 11 is 0. The standard InChI is InChI=1S/C14H13F5N4O2S.C2HF3O2/c1-23-8-2-3-20-4-6(8)7(22-23)5-21-26(24,25)14-12(18)10(16)9(15)11(17)13(14)19;3-2(4,5)1(6)7/h20-21H,2-5H2,1H3;(H,6,7). The van der Waals surface area contributed by atoms with E-state index in [1.54, 1.807) is 11.7 Å². The molecular weight excluding hydrogens is 496 g/mol. The van der Waals surface area contributed by atoms with Gasteiger partial charge in [0.2, 0.25) is 15.8 Å². The smallest absolute Gasteiger partial charge is 0.475 e. The average Bonchev–Trinajstić information content (AvgIpc) is 3.05. The first-order valence-corrected chi connectivity index (χ1v) is 10.1. The van der Waals surface area contributed by atoms with Crippen molar-refractivity contribution in [1.82, 2.24) is 19.8 Å². The highest BCUT2D eigenvalue weighted by Crippen LogP contribution is 2.27. The molecule has 3 N–H and O–H groups in total. The van der Waals surface area contributed by atoms with Gasteiger partial charge in [-0.15, -0.1) is 0 Å². The minimum Gasteiger partial charge on any atom is -0.475 e. The van der Waals surface area contributed by atoms with Crippen molar-refractivity contribution < 1.29 is 53.4 Å². The average molecular weight is 510 g/mol. The summed E-state index contributed by atoms with van der Waals surface area (Å²) in [5.41, 5.74) is 1.88. The quantitative estimate of drug-likeness (QED) is 0.329. The summed E-state index contributed by atoms with van der Waals surface area (Å²) in [5, 5.41) is 14.3. The van der Waals surface area contributed by atoms with E-state index in [-0.39, 0.29) is 0 Å². The SMILES string of the molecule is Cn1nc(CNS(=O)(=O)c2c(F)c(F)c(F)c(F)c2F)c2c1CCNC2.O=C(O)C(F)(F)F. The van der Waals surface area contributed by atoms with Crippen LogP contribution in [0.25, 0.3) is 0 Å². The van der Waals surface area contributed by atoms with Crippen LogP contribution < -0.4 is 10.0 Å². The van der Waals surface area contributed by atoms with E-state index < -0.39 is 62.7 Å². The molecule has 0 radical (unpaired) electrons. The van der Waals surface area contributed by atoms with Crippen LogP contribution in [0.4, 0.5) is 35.1 Å². The van der Waals surface area contributed by atoms with Crippen molar-refractivity contribution in [2.75, 3.05) is 6.54 Å². The zero-order valence-electron chi connectivity index (χ0n) is 16.3. The fourth-order valence-electron chi connectivity index (χ4n) is 2.80. The summed E-state index contributed by atoms with van der Waals surface area (Å²) in [4.78, 5) is 6.98. The highest BCUT2D eigenvalue weighted by atomic mass is 32.2. The minimum absolute atomic E-state index is 0.294. The zero-order valence-corrected chi connectivity index (χ0v) is 17.1. The number of aliphatic carboxylic acids is 1. The molecule has 1 aromatic carbocycles. The van der Waals surface area contributed by atoms with Crippen molar-refractivity contribution in [1.29, 1.82) is 0 Å². The number of hydrogen-bond acceptors (Lipinski definition) is 5. The Bertz CT molecular complexity index is 1150. The van der Waals surface area contributed by atoms with E-state index in [0.29, 0.717) is 25.2 Å². The van der Waals surface area contributed by atoms with Gasteiger partial charge >= 0.3 is 12.1 Å². The Morgan fingerprint density at radius 2 is 1.58 bits per heavy atom. The van der Waals surface area contributed by atoms with E-state index in [1.807, 2.05) is 4.72 Å². The number of nitrogens with zero attached hydrogens (tertiary/aromatic N) is 2. The Labute approximate surface area is 180 Å². The van der Waals surface area contributed by atoms with Crippen molar-refractivity contribution >= 4 is 16.0 Å². The lowest BCUT2D eigenvalue weighted by Gasteiger charge is -2.14. The third-order valence-electron chi connectivity index (χ3n) is 4.31. The molecule has 2 heterocycles. The molecule has 1 aliphatic rings. The summed E-state index contributed by atoms with van der Waals surface area (Å²) in [6.45, 7) is 0.664. The number of fused-ring (bicyclic) bond motifs is 1. The molecule has 0 spiro atoms. The topological polar surface area (TPSA) is 113 Å². The van der Waals surface area contributed by atoms with Crippen LogP contribution in [0.5, 0.6) is 0 Å². The highest BCUT2D eigenvalue weighted by molar-refractivity contribution is 7.89. The van der Waals surface area contributed by atoms with Crippen LogP contribution in [0.2, 0.25) is 0 Å². The fraction of sp³-hybridized carbons (Fsp3) is 0.375. The number of aryl methyl sites for hydroxylation is 1. The molecule has 33 heavy (non-hydrogen) atoms. The molecule has 0 bridgehead atoms. The predicted octanol–water partition coefficient (Wildman–Crippen LogP) is 1.87. The molecule has 1 aromatic heterocycles. The van der Waals surface area contributed by atoms with Gasteiger partial charge in [-0.3, -0.25) is 4.68 Å². The molecule has 8 nitrogen and oxygen atoms in total. The third-order valence-corrected chi connectivity index (χ3v) is 5.73. The lowest BCUT2D eigenvalue weighted by atomic mass is 10.1. The van der Waals surface area contributed by atoms with Crippen molar-refractivity contribution in [2.45, 2.75) is 30.6 Å². The molecule has 3 rings (SSSR count). The summed E-state index contributed by atoms with van der Waals surface area (Å²) in [6.07, 6.45) is -4.43. The Hall–Kier alpha value is -2.79. The van der Waals surface area contributed by atoms with Crippen LogP contribution in [-0.4, -0.2) is 42.0 Å². The molecule has 0 saturated carbocycles. The van der Waals surface area contributed by atoms with E-state index in [4.69, 9.17) is 9.90 Å². The number of nitrogens with one attached hydrogen (secondary N) is 2. The van der Waals surface area contributed by atoms with Crippen LogP contribution in [-0.2, 0) is 41.4 Å².